The summed E-state index contributed by atoms with van der Waals surface area (Å²) in [6.45, 7) is 4.93. The number of nitrogens with one attached hydrogen (secondary N) is 1. The highest BCUT2D eigenvalue weighted by Crippen LogP contribution is 2.20. The summed E-state index contributed by atoms with van der Waals surface area (Å²) in [5.41, 5.74) is 0. The van der Waals surface area contributed by atoms with E-state index >= 15 is 0 Å². The van der Waals surface area contributed by atoms with Crippen LogP contribution in [0.4, 0.5) is 0 Å². The Kier molecular flexibility index (Phi) is 67.9. The molecule has 0 radical (unpaired) electrons. The van der Waals surface area contributed by atoms with Gasteiger partial charge in [-0.25, -0.2) is 0 Å². The zero-order valence-electron chi connectivity index (χ0n) is 53.9. The average molecular weight is 1110 g/mol. The summed E-state index contributed by atoms with van der Waals surface area (Å²) in [4.78, 5) is 24.5. The molecule has 6 heteroatoms. The fraction of sp³-hybridized carbons (Fsp3) is 0.945. The van der Waals surface area contributed by atoms with Crippen molar-refractivity contribution in [1.82, 2.24) is 5.32 Å². The number of esters is 1. The quantitative estimate of drug-likeness (QED) is 0.0320. The van der Waals surface area contributed by atoms with Crippen LogP contribution in [-0.2, 0) is 14.3 Å². The number of rotatable bonds is 69. The molecule has 0 aromatic heterocycles. The summed E-state index contributed by atoms with van der Waals surface area (Å²) in [5.74, 6) is -0.0350. The molecule has 79 heavy (non-hydrogen) atoms. The smallest absolute Gasteiger partial charge is 0.305 e. The zero-order chi connectivity index (χ0) is 57.1. The molecule has 0 rings (SSSR count). The Bertz CT molecular complexity index is 1190. The predicted molar refractivity (Wildman–Crippen MR) is 347 cm³/mol. The molecule has 0 spiro atoms. The fourth-order valence-corrected chi connectivity index (χ4v) is 11.8. The van der Waals surface area contributed by atoms with Gasteiger partial charge < -0.3 is 20.3 Å². The molecule has 2 unspecified atom stereocenters. The van der Waals surface area contributed by atoms with E-state index in [1.807, 2.05) is 6.08 Å². The van der Waals surface area contributed by atoms with Crippen LogP contribution in [0.1, 0.15) is 418 Å². The van der Waals surface area contributed by atoms with Crippen molar-refractivity contribution in [2.24, 2.45) is 0 Å². The van der Waals surface area contributed by atoms with Crippen LogP contribution in [0.2, 0.25) is 0 Å². The molecule has 2 atom stereocenters. The minimum atomic E-state index is -0.838. The van der Waals surface area contributed by atoms with Crippen LogP contribution in [0, 0.1) is 0 Å². The number of carbonyl (C=O) groups excluding carboxylic acids is 2. The van der Waals surface area contributed by atoms with Gasteiger partial charge in [-0.3, -0.25) is 9.59 Å². The summed E-state index contributed by atoms with van der Waals surface area (Å²) in [7, 11) is 0. The summed E-state index contributed by atoms with van der Waals surface area (Å²) >= 11 is 0. The molecule has 470 valence electrons. The Morgan fingerprint density at radius 2 is 0.582 bits per heavy atom. The van der Waals surface area contributed by atoms with Crippen molar-refractivity contribution in [3.8, 4) is 0 Å². The van der Waals surface area contributed by atoms with Crippen molar-refractivity contribution < 1.29 is 24.5 Å². The molecular formula is C73H143NO5. The molecule has 0 aliphatic carbocycles. The Morgan fingerprint density at radius 3 is 0.861 bits per heavy atom. The highest BCUT2D eigenvalue weighted by atomic mass is 16.5. The third-order valence-electron chi connectivity index (χ3n) is 17.3. The van der Waals surface area contributed by atoms with Crippen LogP contribution in [0.5, 0.6) is 0 Å². The maximum absolute atomic E-state index is 12.4. The first-order valence-corrected chi connectivity index (χ1v) is 36.5. The highest BCUT2D eigenvalue weighted by molar-refractivity contribution is 5.76. The van der Waals surface area contributed by atoms with E-state index in [2.05, 4.69) is 19.2 Å². The maximum atomic E-state index is 12.4. The number of ether oxygens (including phenoxy) is 1. The van der Waals surface area contributed by atoms with E-state index in [1.54, 1.807) is 6.08 Å². The minimum absolute atomic E-state index is 0.0267. The monoisotopic (exact) mass is 1110 g/mol. The number of unbranched alkanes of at least 4 members (excludes halogenated alkanes) is 58. The van der Waals surface area contributed by atoms with Gasteiger partial charge in [-0.05, 0) is 32.1 Å². The molecule has 3 N–H and O–H groups in total. The van der Waals surface area contributed by atoms with E-state index < -0.39 is 12.1 Å². The van der Waals surface area contributed by atoms with Crippen LogP contribution < -0.4 is 5.32 Å². The molecular weight excluding hydrogens is 971 g/mol. The Labute approximate surface area is 495 Å². The predicted octanol–water partition coefficient (Wildman–Crippen LogP) is 23.5. The fourth-order valence-electron chi connectivity index (χ4n) is 11.8. The van der Waals surface area contributed by atoms with Gasteiger partial charge in [0.05, 0.1) is 25.4 Å². The Hall–Kier alpha value is -1.40. The first-order chi connectivity index (χ1) is 39.0. The molecule has 6 nitrogen and oxygen atoms in total. The van der Waals surface area contributed by atoms with Crippen LogP contribution in [0.3, 0.4) is 0 Å². The largest absolute Gasteiger partial charge is 0.466 e. The summed E-state index contributed by atoms with van der Waals surface area (Å²) in [6.07, 6.45) is 86.1. The third-order valence-corrected chi connectivity index (χ3v) is 17.3. The summed E-state index contributed by atoms with van der Waals surface area (Å²) in [5, 5.41) is 23.1. The van der Waals surface area contributed by atoms with Gasteiger partial charge >= 0.3 is 5.97 Å². The lowest BCUT2D eigenvalue weighted by Gasteiger charge is -2.20. The van der Waals surface area contributed by atoms with Gasteiger partial charge in [-0.15, -0.1) is 0 Å². The van der Waals surface area contributed by atoms with Crippen LogP contribution in [-0.4, -0.2) is 47.4 Å². The van der Waals surface area contributed by atoms with E-state index in [9.17, 15) is 19.8 Å². The first-order valence-electron chi connectivity index (χ1n) is 36.5. The number of aliphatic hydroxyl groups excluding tert-OH is 2. The van der Waals surface area contributed by atoms with E-state index in [4.69, 9.17) is 4.74 Å². The topological polar surface area (TPSA) is 95.9 Å². The molecule has 0 aliphatic heterocycles. The van der Waals surface area contributed by atoms with Crippen LogP contribution in [0.25, 0.3) is 0 Å². The van der Waals surface area contributed by atoms with Gasteiger partial charge in [0.25, 0.3) is 0 Å². The van der Waals surface area contributed by atoms with Crippen molar-refractivity contribution in [3.05, 3.63) is 12.2 Å². The van der Waals surface area contributed by atoms with Crippen molar-refractivity contribution in [2.45, 2.75) is 431 Å². The maximum Gasteiger partial charge on any atom is 0.305 e. The lowest BCUT2D eigenvalue weighted by atomic mass is 10.0. The average Bonchev–Trinajstić information content (AvgIpc) is 3.45. The SMILES string of the molecule is CCCCCCCCCCC/C=C/C(O)C(CO)NC(=O)CCCCCCCCCCCCCCCCCCCCCCCCCCCCCCCCCCCCCOC(=O)CCCCCCCCCCCCCCCCCC. The van der Waals surface area contributed by atoms with Gasteiger partial charge in [0.15, 0.2) is 0 Å². The van der Waals surface area contributed by atoms with E-state index in [-0.39, 0.29) is 18.5 Å². The molecule has 1 amide bonds. The normalized spacial score (nSPS) is 12.5. The van der Waals surface area contributed by atoms with Crippen molar-refractivity contribution >= 4 is 11.9 Å². The molecule has 0 heterocycles. The van der Waals surface area contributed by atoms with Crippen molar-refractivity contribution in [1.29, 1.82) is 0 Å². The van der Waals surface area contributed by atoms with E-state index in [0.29, 0.717) is 19.4 Å². The first kappa shape index (κ1) is 77.6. The van der Waals surface area contributed by atoms with Gasteiger partial charge in [0.1, 0.15) is 0 Å². The van der Waals surface area contributed by atoms with Crippen LogP contribution >= 0.6 is 0 Å². The number of hydrogen-bond acceptors (Lipinski definition) is 5. The Morgan fingerprint density at radius 1 is 0.342 bits per heavy atom. The second-order valence-electron chi connectivity index (χ2n) is 25.3. The van der Waals surface area contributed by atoms with Crippen LogP contribution in [0.15, 0.2) is 12.2 Å². The lowest BCUT2D eigenvalue weighted by Crippen LogP contribution is -2.45. The van der Waals surface area contributed by atoms with E-state index in [0.717, 1.165) is 38.5 Å². The van der Waals surface area contributed by atoms with Crippen molar-refractivity contribution in [3.63, 3.8) is 0 Å². The number of aliphatic hydroxyl groups is 2. The molecule has 0 bridgehead atoms. The van der Waals surface area contributed by atoms with Crippen molar-refractivity contribution in [2.75, 3.05) is 13.2 Å². The lowest BCUT2D eigenvalue weighted by molar-refractivity contribution is -0.143. The molecule has 0 aliphatic rings. The molecule has 0 aromatic rings. The molecule has 0 saturated heterocycles. The molecule has 0 saturated carbocycles. The summed E-state index contributed by atoms with van der Waals surface area (Å²) in [6, 6.07) is -0.621. The second kappa shape index (κ2) is 69.1. The van der Waals surface area contributed by atoms with E-state index in [1.165, 1.54) is 353 Å². The minimum Gasteiger partial charge on any atom is -0.466 e. The highest BCUT2D eigenvalue weighted by Gasteiger charge is 2.18. The number of amides is 1. The number of carbonyl (C=O) groups is 2. The zero-order valence-corrected chi connectivity index (χ0v) is 53.9. The molecule has 0 fully saturated rings. The van der Waals surface area contributed by atoms with Gasteiger partial charge in [-0.2, -0.15) is 0 Å². The standard InChI is InChI=1S/C73H143NO5/c1-3-5-7-9-11-13-15-16-17-40-43-47-51-55-59-63-67-73(78)79-68-64-60-56-52-48-44-41-38-36-34-32-30-28-26-24-22-20-18-19-21-23-25-27-29-31-33-35-37-39-42-46-50-54-58-62-66-72(77)74-70(69-75)71(76)65-61-57-53-49-45-14-12-10-8-6-4-2/h61,65,70-71,75-76H,3-60,62-64,66-69H2,1-2H3,(H,74,77)/b65-61+. The number of allylic oxidation sites excluding steroid dienone is 1. The second-order valence-corrected chi connectivity index (χ2v) is 25.3. The Balaban J connectivity index is 3.28. The van der Waals surface area contributed by atoms with Gasteiger partial charge in [-0.1, -0.05) is 386 Å². The third kappa shape index (κ3) is 65.6. The molecule has 0 aromatic carbocycles. The number of hydrogen-bond donors (Lipinski definition) is 3. The van der Waals surface area contributed by atoms with Gasteiger partial charge in [0.2, 0.25) is 5.91 Å². The van der Waals surface area contributed by atoms with Gasteiger partial charge in [0, 0.05) is 12.8 Å². The summed E-state index contributed by atoms with van der Waals surface area (Å²) < 4.78 is 5.51.